The number of fused-ring (bicyclic) bond motifs is 10. The summed E-state index contributed by atoms with van der Waals surface area (Å²) in [6.45, 7) is 0. The maximum atomic E-state index is 2.45. The summed E-state index contributed by atoms with van der Waals surface area (Å²) in [5.74, 6) is 0. The van der Waals surface area contributed by atoms with Gasteiger partial charge in [-0.25, -0.2) is 0 Å². The van der Waals surface area contributed by atoms with Gasteiger partial charge >= 0.3 is 0 Å². The first kappa shape index (κ1) is 14.6. The van der Waals surface area contributed by atoms with Crippen molar-refractivity contribution in [3.8, 4) is 0 Å². The van der Waals surface area contributed by atoms with Gasteiger partial charge in [0.25, 0.3) is 0 Å². The van der Waals surface area contributed by atoms with Gasteiger partial charge in [-0.15, -0.1) is 0 Å². The van der Waals surface area contributed by atoms with Crippen LogP contribution in [0.5, 0.6) is 0 Å². The molecule has 26 heavy (non-hydrogen) atoms. The summed E-state index contributed by atoms with van der Waals surface area (Å²) in [4.78, 5) is 0. The molecule has 0 aliphatic heterocycles. The second-order valence-corrected chi connectivity index (χ2v) is 7.74. The van der Waals surface area contributed by atoms with Crippen LogP contribution in [0.1, 0.15) is 0 Å². The number of para-hydroxylation sites is 1. The molecule has 0 aliphatic rings. The average Bonchev–Trinajstić information content (AvgIpc) is 3.01. The van der Waals surface area contributed by atoms with Gasteiger partial charge in [-0.3, -0.25) is 2.78 Å². The zero-order chi connectivity index (χ0) is 17.3. The van der Waals surface area contributed by atoms with E-state index in [9.17, 15) is 0 Å². The van der Waals surface area contributed by atoms with Crippen LogP contribution in [-0.2, 0) is 0 Å². The molecule has 0 spiro atoms. The normalized spacial score (nSPS) is 12.0. The third-order valence-corrected chi connectivity index (χ3v) is 6.49. The molecule has 0 aliphatic carbocycles. The van der Waals surface area contributed by atoms with Gasteiger partial charge in [0.1, 0.15) is 0 Å². The lowest BCUT2D eigenvalue weighted by Gasteiger charge is -2.12. The molecule has 0 amide bonds. The highest BCUT2D eigenvalue weighted by Gasteiger charge is 2.16. The molecular weight excluding hydrogens is 429 g/mol. The van der Waals surface area contributed by atoms with E-state index in [2.05, 4.69) is 111 Å². The Morgan fingerprint density at radius 2 is 0.923 bits per heavy atom. The summed E-state index contributed by atoms with van der Waals surface area (Å²) in [7, 11) is 0. The van der Waals surface area contributed by atoms with Crippen molar-refractivity contribution in [2.24, 2.45) is 0 Å². The van der Waals surface area contributed by atoms with Crippen LogP contribution in [0.4, 0.5) is 0 Å². The fourth-order valence-electron chi connectivity index (χ4n) is 4.39. The zero-order valence-electron chi connectivity index (χ0n) is 13.9. The predicted octanol–water partition coefficient (Wildman–Crippen LogP) is 7.45. The molecule has 6 aromatic rings. The predicted molar refractivity (Wildman–Crippen MR) is 121 cm³/mol. The number of benzene rings is 5. The Balaban J connectivity index is 2.05. The van der Waals surface area contributed by atoms with Crippen molar-refractivity contribution in [2.75, 3.05) is 0 Å². The summed E-state index contributed by atoms with van der Waals surface area (Å²) < 4.78 is 2.33. The van der Waals surface area contributed by atoms with Gasteiger partial charge in [0.2, 0.25) is 0 Å². The Kier molecular flexibility index (Phi) is 2.92. The van der Waals surface area contributed by atoms with Gasteiger partial charge in [0.15, 0.2) is 0 Å². The molecule has 5 aromatic carbocycles. The number of nitrogens with zero attached hydrogens (tertiary/aromatic N) is 1. The Morgan fingerprint density at radius 1 is 0.462 bits per heavy atom. The summed E-state index contributed by atoms with van der Waals surface area (Å²) in [5, 5.41) is 10.6. The highest BCUT2D eigenvalue weighted by Crippen LogP contribution is 2.42. The Labute approximate surface area is 164 Å². The third kappa shape index (κ3) is 1.75. The van der Waals surface area contributed by atoms with Crippen LogP contribution in [-0.4, -0.2) is 2.78 Å². The van der Waals surface area contributed by atoms with Crippen molar-refractivity contribution < 1.29 is 0 Å². The van der Waals surface area contributed by atoms with Crippen LogP contribution in [0.2, 0.25) is 0 Å². The number of halogens is 1. The van der Waals surface area contributed by atoms with E-state index in [4.69, 9.17) is 0 Å². The average molecular weight is 443 g/mol. The lowest BCUT2D eigenvalue weighted by atomic mass is 9.93. The fourth-order valence-corrected chi connectivity index (χ4v) is 5.31. The molecule has 0 saturated heterocycles. The van der Waals surface area contributed by atoms with Crippen LogP contribution in [0.3, 0.4) is 0 Å². The molecule has 0 radical (unpaired) electrons. The van der Waals surface area contributed by atoms with E-state index >= 15 is 0 Å². The minimum Gasteiger partial charge on any atom is -0.281 e. The first-order valence-electron chi connectivity index (χ1n) is 8.76. The van der Waals surface area contributed by atoms with Gasteiger partial charge in [0.05, 0.1) is 33.9 Å². The van der Waals surface area contributed by atoms with Crippen molar-refractivity contribution in [2.45, 2.75) is 0 Å². The van der Waals surface area contributed by atoms with Gasteiger partial charge < -0.3 is 0 Å². The topological polar surface area (TPSA) is 4.93 Å². The molecule has 0 saturated carbocycles. The SMILES string of the molecule is In1c2ccccc2c2ccc3c4ccccc4c4ccccc4c3c21. The molecule has 1 nitrogen and oxygen atoms in total. The molecule has 1 heterocycles. The minimum absolute atomic E-state index is 1.27. The molecule has 0 unspecified atom stereocenters. The lowest BCUT2D eigenvalue weighted by molar-refractivity contribution is 1.51. The van der Waals surface area contributed by atoms with Crippen molar-refractivity contribution in [3.05, 3.63) is 84.9 Å². The number of hydrogen-bond donors (Lipinski definition) is 0. The number of aromatic nitrogens is 1. The van der Waals surface area contributed by atoms with Crippen molar-refractivity contribution >= 4 is 77.0 Å². The quantitative estimate of drug-likeness (QED) is 0.170. The fraction of sp³-hybridized carbons (Fsp3) is 0. The number of hydrogen-bond acceptors (Lipinski definition) is 0. The zero-order valence-corrected chi connectivity index (χ0v) is 16.1. The number of rotatable bonds is 0. The van der Waals surface area contributed by atoms with Crippen molar-refractivity contribution in [1.29, 1.82) is 0 Å². The first-order valence-corrected chi connectivity index (χ1v) is 9.72. The van der Waals surface area contributed by atoms with E-state index in [1.165, 1.54) is 54.1 Å². The largest absolute Gasteiger partial charge is 0.281 e. The molecule has 0 atom stereocenters. The molecule has 6 rings (SSSR count). The summed E-state index contributed by atoms with van der Waals surface area (Å²) in [6.07, 6.45) is 0. The van der Waals surface area contributed by atoms with E-state index in [-0.39, 0.29) is 0 Å². The van der Waals surface area contributed by atoms with Crippen LogP contribution >= 0.6 is 22.9 Å². The van der Waals surface area contributed by atoms with E-state index in [0.29, 0.717) is 0 Å². The Morgan fingerprint density at radius 3 is 1.62 bits per heavy atom. The van der Waals surface area contributed by atoms with Crippen LogP contribution in [0.25, 0.3) is 54.1 Å². The van der Waals surface area contributed by atoms with Gasteiger partial charge in [-0.05, 0) is 33.0 Å². The first-order chi connectivity index (χ1) is 12.8. The summed E-state index contributed by atoms with van der Waals surface area (Å²) >= 11 is 2.45. The Bertz CT molecular complexity index is 1460. The molecule has 2 heteroatoms. The van der Waals surface area contributed by atoms with Crippen molar-refractivity contribution in [1.82, 2.24) is 2.78 Å². The van der Waals surface area contributed by atoms with Gasteiger partial charge in [-0.2, -0.15) is 0 Å². The second-order valence-electron chi connectivity index (χ2n) is 6.77. The van der Waals surface area contributed by atoms with Gasteiger partial charge in [0, 0.05) is 16.2 Å². The Hall–Kier alpha value is -2.59. The monoisotopic (exact) mass is 443 g/mol. The van der Waals surface area contributed by atoms with E-state index < -0.39 is 0 Å². The maximum Gasteiger partial charge on any atom is 0.0675 e. The maximum absolute atomic E-state index is 2.45. The van der Waals surface area contributed by atoms with E-state index in [0.717, 1.165) is 0 Å². The highest BCUT2D eigenvalue weighted by atomic mass is 127. The van der Waals surface area contributed by atoms with E-state index in [1.807, 2.05) is 0 Å². The summed E-state index contributed by atoms with van der Waals surface area (Å²) in [5.41, 5.74) is 2.58. The van der Waals surface area contributed by atoms with E-state index in [1.54, 1.807) is 0 Å². The summed E-state index contributed by atoms with van der Waals surface area (Å²) in [6, 6.07) is 30.8. The van der Waals surface area contributed by atoms with Crippen LogP contribution in [0, 0.1) is 0 Å². The highest BCUT2D eigenvalue weighted by molar-refractivity contribution is 14.1. The third-order valence-electron chi connectivity index (χ3n) is 5.48. The minimum atomic E-state index is 1.27. The van der Waals surface area contributed by atoms with Gasteiger partial charge in [-0.1, -0.05) is 78.9 Å². The molecule has 1 aromatic heterocycles. The van der Waals surface area contributed by atoms with Crippen LogP contribution in [0.15, 0.2) is 84.9 Å². The van der Waals surface area contributed by atoms with Crippen LogP contribution < -0.4 is 0 Å². The van der Waals surface area contributed by atoms with Crippen molar-refractivity contribution in [3.63, 3.8) is 0 Å². The molecule has 122 valence electrons. The standard InChI is InChI=1S/C24H14IN/c25-26-22-12-6-5-10-18(22)21-14-13-20-17-9-2-1-7-15(17)16-8-3-4-11-19(16)23(20)24(21)26/h1-14H. The lowest BCUT2D eigenvalue weighted by Crippen LogP contribution is -1.86. The smallest absolute Gasteiger partial charge is 0.0675 e. The molecule has 0 N–H and O–H groups in total. The second kappa shape index (κ2) is 5.21. The molecule has 0 fully saturated rings. The molecule has 0 bridgehead atoms. The molecular formula is C24H14IN.